The zero-order chi connectivity index (χ0) is 16.0. The first-order valence-corrected chi connectivity index (χ1v) is 7.64. The highest BCUT2D eigenvalue weighted by molar-refractivity contribution is 5.76. The number of nitrogens with zero attached hydrogens (tertiary/aromatic N) is 4. The smallest absolute Gasteiger partial charge is 0.328 e. The number of rotatable bonds is 4. The predicted octanol–water partition coefficient (Wildman–Crippen LogP) is 1.26. The van der Waals surface area contributed by atoms with E-state index in [1.54, 1.807) is 23.2 Å². The molecule has 0 atom stereocenters. The third kappa shape index (κ3) is 2.33. The molecule has 1 aromatic carbocycles. The van der Waals surface area contributed by atoms with Gasteiger partial charge in [0.2, 0.25) is 0 Å². The number of aryl methyl sites for hydroxylation is 2. The van der Waals surface area contributed by atoms with E-state index >= 15 is 0 Å². The zero-order valence-corrected chi connectivity index (χ0v) is 13.2. The fraction of sp³-hybridized carbons (Fsp3) is 0.375. The summed E-state index contributed by atoms with van der Waals surface area (Å²) in [6.07, 6.45) is 1.97. The summed E-state index contributed by atoms with van der Waals surface area (Å²) in [5.74, 6) is 0.846. The highest BCUT2D eigenvalue weighted by Gasteiger charge is 2.20. The summed E-state index contributed by atoms with van der Waals surface area (Å²) < 4.78 is 10.5. The topological polar surface area (TPSA) is 66.0 Å². The number of nitrogens with one attached hydrogen (secondary N) is 1. The van der Waals surface area contributed by atoms with Crippen LogP contribution >= 0.6 is 0 Å². The van der Waals surface area contributed by atoms with Gasteiger partial charge in [-0.25, -0.2) is 4.79 Å². The van der Waals surface area contributed by atoms with Crippen molar-refractivity contribution in [1.29, 1.82) is 0 Å². The molecular formula is C16H19N5O2. The van der Waals surface area contributed by atoms with E-state index in [4.69, 9.17) is 4.74 Å². The number of ether oxygens (including phenoxy) is 1. The second kappa shape index (κ2) is 5.27. The number of fused-ring (bicyclic) bond motifs is 1. The van der Waals surface area contributed by atoms with Crippen molar-refractivity contribution in [2.45, 2.75) is 12.6 Å². The Bertz CT molecular complexity index is 916. The normalized spacial score (nSPS) is 15.0. The van der Waals surface area contributed by atoms with Crippen LogP contribution in [0.5, 0.6) is 0 Å². The third-order valence-electron chi connectivity index (χ3n) is 4.41. The molecule has 3 aromatic rings. The van der Waals surface area contributed by atoms with Crippen LogP contribution in [0.15, 0.2) is 35.3 Å². The number of aromatic nitrogens is 4. The molecule has 0 unspecified atom stereocenters. The Balaban J connectivity index is 1.52. The molecule has 1 saturated heterocycles. The summed E-state index contributed by atoms with van der Waals surface area (Å²) in [6.45, 7) is 2.14. The minimum Gasteiger partial charge on any atom is -0.377 e. The summed E-state index contributed by atoms with van der Waals surface area (Å²) in [5, 5.41) is 7.83. The van der Waals surface area contributed by atoms with Crippen LogP contribution in [0.1, 0.15) is 11.6 Å². The van der Waals surface area contributed by atoms with E-state index in [0.29, 0.717) is 12.6 Å². The molecule has 0 aliphatic carbocycles. The molecule has 1 aliphatic heterocycles. The lowest BCUT2D eigenvalue weighted by Gasteiger charge is -2.25. The van der Waals surface area contributed by atoms with Gasteiger partial charge >= 0.3 is 5.69 Å². The van der Waals surface area contributed by atoms with Crippen molar-refractivity contribution < 1.29 is 4.74 Å². The van der Waals surface area contributed by atoms with Gasteiger partial charge in [-0.15, -0.1) is 0 Å². The molecule has 3 heterocycles. The molecular weight excluding hydrogens is 294 g/mol. The van der Waals surface area contributed by atoms with Crippen LogP contribution in [0.3, 0.4) is 0 Å². The van der Waals surface area contributed by atoms with Crippen LogP contribution in [0.4, 0.5) is 5.82 Å². The van der Waals surface area contributed by atoms with Crippen molar-refractivity contribution in [3.8, 4) is 0 Å². The number of hydrogen-bond donors (Lipinski definition) is 1. The Labute approximate surface area is 133 Å². The van der Waals surface area contributed by atoms with Gasteiger partial charge in [-0.3, -0.25) is 13.8 Å². The van der Waals surface area contributed by atoms with E-state index in [-0.39, 0.29) is 5.69 Å². The van der Waals surface area contributed by atoms with E-state index < -0.39 is 0 Å². The first-order valence-electron chi connectivity index (χ1n) is 7.64. The van der Waals surface area contributed by atoms with Crippen LogP contribution < -0.4 is 11.0 Å². The molecule has 120 valence electrons. The summed E-state index contributed by atoms with van der Waals surface area (Å²) in [4.78, 5) is 12.0. The quantitative estimate of drug-likeness (QED) is 0.787. The lowest BCUT2D eigenvalue weighted by Crippen LogP contribution is -2.30. The second-order valence-electron chi connectivity index (χ2n) is 5.95. The van der Waals surface area contributed by atoms with Gasteiger partial charge in [-0.05, 0) is 17.7 Å². The Morgan fingerprint density at radius 1 is 1.22 bits per heavy atom. The van der Waals surface area contributed by atoms with Crippen molar-refractivity contribution >= 4 is 16.9 Å². The van der Waals surface area contributed by atoms with Gasteiger partial charge in [-0.1, -0.05) is 6.07 Å². The van der Waals surface area contributed by atoms with Crippen molar-refractivity contribution in [1.82, 2.24) is 18.9 Å². The van der Waals surface area contributed by atoms with Crippen LogP contribution in [0, 0.1) is 0 Å². The Morgan fingerprint density at radius 3 is 2.74 bits per heavy atom. The SMILES string of the molecule is Cn1c(=O)n(C)c2cc(CNc3ccn(C4COC4)n3)ccc21. The lowest BCUT2D eigenvalue weighted by molar-refractivity contribution is -0.0285. The Kier molecular flexibility index (Phi) is 3.23. The zero-order valence-electron chi connectivity index (χ0n) is 13.2. The van der Waals surface area contributed by atoms with Gasteiger partial charge in [0.15, 0.2) is 0 Å². The molecule has 0 amide bonds. The Hall–Kier alpha value is -2.54. The average Bonchev–Trinajstić information content (AvgIpc) is 3.04. The highest BCUT2D eigenvalue weighted by atomic mass is 16.5. The van der Waals surface area contributed by atoms with Crippen LogP contribution in [-0.4, -0.2) is 32.1 Å². The molecule has 1 N–H and O–H groups in total. The molecule has 23 heavy (non-hydrogen) atoms. The van der Waals surface area contributed by atoms with Gasteiger partial charge in [0.1, 0.15) is 5.82 Å². The van der Waals surface area contributed by atoms with Crippen molar-refractivity contribution in [2.24, 2.45) is 14.1 Å². The first-order chi connectivity index (χ1) is 11.1. The molecule has 0 radical (unpaired) electrons. The maximum absolute atomic E-state index is 12.0. The molecule has 0 spiro atoms. The minimum atomic E-state index is -0.00781. The average molecular weight is 313 g/mol. The van der Waals surface area contributed by atoms with E-state index in [1.165, 1.54) is 0 Å². The Morgan fingerprint density at radius 2 is 2.00 bits per heavy atom. The van der Waals surface area contributed by atoms with Crippen LogP contribution in [-0.2, 0) is 25.4 Å². The third-order valence-corrected chi connectivity index (χ3v) is 4.41. The van der Waals surface area contributed by atoms with Crippen LogP contribution in [0.25, 0.3) is 11.0 Å². The fourth-order valence-electron chi connectivity index (χ4n) is 2.87. The molecule has 7 heteroatoms. The summed E-state index contributed by atoms with van der Waals surface area (Å²) >= 11 is 0. The molecule has 2 aromatic heterocycles. The number of imidazole rings is 1. The summed E-state index contributed by atoms with van der Waals surface area (Å²) in [6, 6.07) is 8.39. The van der Waals surface area contributed by atoms with Crippen molar-refractivity contribution in [2.75, 3.05) is 18.5 Å². The largest absolute Gasteiger partial charge is 0.377 e. The molecule has 1 aliphatic rings. The molecule has 0 bridgehead atoms. The second-order valence-corrected chi connectivity index (χ2v) is 5.95. The van der Waals surface area contributed by atoms with Gasteiger partial charge in [0, 0.05) is 32.9 Å². The fourth-order valence-corrected chi connectivity index (χ4v) is 2.87. The standard InChI is InChI=1S/C16H19N5O2/c1-19-13-4-3-11(7-14(13)20(2)16(19)22)8-17-15-5-6-21(18-15)12-9-23-10-12/h3-7,12H,8-10H2,1-2H3,(H,17,18). The predicted molar refractivity (Wildman–Crippen MR) is 87.6 cm³/mol. The molecule has 7 nitrogen and oxygen atoms in total. The van der Waals surface area contributed by atoms with E-state index in [2.05, 4.69) is 10.4 Å². The van der Waals surface area contributed by atoms with Gasteiger partial charge in [-0.2, -0.15) is 5.10 Å². The monoisotopic (exact) mass is 313 g/mol. The maximum atomic E-state index is 12.0. The number of anilines is 1. The van der Waals surface area contributed by atoms with E-state index in [9.17, 15) is 4.79 Å². The maximum Gasteiger partial charge on any atom is 0.328 e. The number of benzene rings is 1. The van der Waals surface area contributed by atoms with Gasteiger partial charge < -0.3 is 10.1 Å². The van der Waals surface area contributed by atoms with Crippen molar-refractivity contribution in [3.63, 3.8) is 0 Å². The van der Waals surface area contributed by atoms with Crippen molar-refractivity contribution in [3.05, 3.63) is 46.5 Å². The van der Waals surface area contributed by atoms with Gasteiger partial charge in [0.25, 0.3) is 0 Å². The van der Waals surface area contributed by atoms with E-state index in [0.717, 1.165) is 35.6 Å². The van der Waals surface area contributed by atoms with Crippen LogP contribution in [0.2, 0.25) is 0 Å². The lowest BCUT2D eigenvalue weighted by atomic mass is 10.2. The summed E-state index contributed by atoms with van der Waals surface area (Å²) in [7, 11) is 3.59. The molecule has 0 saturated carbocycles. The van der Waals surface area contributed by atoms with Gasteiger partial charge in [0.05, 0.1) is 30.3 Å². The van der Waals surface area contributed by atoms with E-state index in [1.807, 2.05) is 35.1 Å². The number of hydrogen-bond acceptors (Lipinski definition) is 4. The first kappa shape index (κ1) is 14.1. The molecule has 4 rings (SSSR count). The summed E-state index contributed by atoms with van der Waals surface area (Å²) in [5.41, 5.74) is 2.98. The molecule has 1 fully saturated rings. The highest BCUT2D eigenvalue weighted by Crippen LogP contribution is 2.18. The minimum absolute atomic E-state index is 0.00781.